The lowest BCUT2D eigenvalue weighted by atomic mass is 10.2. The highest BCUT2D eigenvalue weighted by Gasteiger charge is 2.19. The average molecular weight is 505 g/mol. The van der Waals surface area contributed by atoms with Crippen molar-refractivity contribution in [2.24, 2.45) is 5.73 Å². The van der Waals surface area contributed by atoms with Crippen molar-refractivity contribution in [3.05, 3.63) is 0 Å². The second-order valence-electron chi connectivity index (χ2n) is 11.0. The van der Waals surface area contributed by atoms with E-state index in [1.807, 2.05) is 41.5 Å². The highest BCUT2D eigenvalue weighted by atomic mass is 16.6. The van der Waals surface area contributed by atoms with E-state index in [0.717, 1.165) is 38.8 Å². The van der Waals surface area contributed by atoms with Crippen molar-refractivity contribution in [2.75, 3.05) is 40.3 Å². The molecule has 0 aliphatic heterocycles. The van der Waals surface area contributed by atoms with Crippen LogP contribution in [-0.4, -0.2) is 85.3 Å². The first kappa shape index (κ1) is 37.7. The van der Waals surface area contributed by atoms with Crippen molar-refractivity contribution in [3.8, 4) is 0 Å². The number of nitrogens with two attached hydrogens (primary N) is 1. The van der Waals surface area contributed by atoms with Gasteiger partial charge in [0.1, 0.15) is 17.0 Å². The molecular formula is C26H56N4O5. The Morgan fingerprint density at radius 1 is 0.771 bits per heavy atom. The summed E-state index contributed by atoms with van der Waals surface area (Å²) in [4.78, 5) is 35.7. The lowest BCUT2D eigenvalue weighted by Crippen LogP contribution is -2.35. The summed E-state index contributed by atoms with van der Waals surface area (Å²) < 4.78 is 10.5. The Bertz CT molecular complexity index is 565. The largest absolute Gasteiger partial charge is 0.444 e. The fourth-order valence-corrected chi connectivity index (χ4v) is 2.22. The number of amides is 2. The molecule has 0 aromatic carbocycles. The monoisotopic (exact) mass is 504 g/mol. The molecule has 0 atom stereocenters. The molecule has 0 fully saturated rings. The SMILES string of the molecule is CC(C)=O.CC(C)NCCCCN(C)C(=O)OC(C)(C)C.CN(CCCCN)C(=O)OC(C)(C)C. The van der Waals surface area contributed by atoms with Crippen LogP contribution in [-0.2, 0) is 14.3 Å². The second-order valence-corrected chi connectivity index (χ2v) is 11.0. The number of hydrogen-bond donors (Lipinski definition) is 2. The van der Waals surface area contributed by atoms with E-state index in [4.69, 9.17) is 15.2 Å². The van der Waals surface area contributed by atoms with Crippen LogP contribution < -0.4 is 11.1 Å². The minimum Gasteiger partial charge on any atom is -0.444 e. The zero-order valence-corrected chi connectivity index (χ0v) is 24.7. The van der Waals surface area contributed by atoms with Gasteiger partial charge in [-0.15, -0.1) is 0 Å². The quantitative estimate of drug-likeness (QED) is 0.410. The number of nitrogens with one attached hydrogen (secondary N) is 1. The van der Waals surface area contributed by atoms with E-state index in [-0.39, 0.29) is 18.0 Å². The molecule has 0 radical (unpaired) electrons. The van der Waals surface area contributed by atoms with Crippen LogP contribution in [0.4, 0.5) is 9.59 Å². The van der Waals surface area contributed by atoms with Crippen LogP contribution in [0, 0.1) is 0 Å². The normalized spacial score (nSPS) is 10.9. The van der Waals surface area contributed by atoms with E-state index < -0.39 is 11.2 Å². The zero-order valence-electron chi connectivity index (χ0n) is 24.7. The number of nitrogens with zero attached hydrogens (tertiary/aromatic N) is 2. The number of ketones is 1. The molecule has 0 rings (SSSR count). The summed E-state index contributed by atoms with van der Waals surface area (Å²) >= 11 is 0. The van der Waals surface area contributed by atoms with Crippen molar-refractivity contribution < 1.29 is 23.9 Å². The Labute approximate surface area is 215 Å². The minimum atomic E-state index is -0.417. The summed E-state index contributed by atoms with van der Waals surface area (Å²) in [5.74, 6) is 0.167. The van der Waals surface area contributed by atoms with Crippen molar-refractivity contribution in [1.82, 2.24) is 15.1 Å². The van der Waals surface area contributed by atoms with Crippen LogP contribution in [0.3, 0.4) is 0 Å². The van der Waals surface area contributed by atoms with Crippen molar-refractivity contribution in [3.63, 3.8) is 0 Å². The first-order valence-corrected chi connectivity index (χ1v) is 12.6. The molecule has 9 nitrogen and oxygen atoms in total. The van der Waals surface area contributed by atoms with E-state index >= 15 is 0 Å². The summed E-state index contributed by atoms with van der Waals surface area (Å²) in [6.45, 7) is 21.7. The minimum absolute atomic E-state index is 0.167. The summed E-state index contributed by atoms with van der Waals surface area (Å²) in [7, 11) is 3.52. The third-order valence-corrected chi connectivity index (χ3v) is 3.83. The van der Waals surface area contributed by atoms with E-state index in [9.17, 15) is 14.4 Å². The third kappa shape index (κ3) is 34.4. The fraction of sp³-hybridized carbons (Fsp3) is 0.885. The molecule has 35 heavy (non-hydrogen) atoms. The van der Waals surface area contributed by atoms with Gasteiger partial charge in [-0.2, -0.15) is 0 Å². The smallest absolute Gasteiger partial charge is 0.410 e. The number of unbranched alkanes of at least 4 members (excludes halogenated alkanes) is 2. The van der Waals surface area contributed by atoms with Gasteiger partial charge in [0.05, 0.1) is 0 Å². The molecule has 3 N–H and O–H groups in total. The molecule has 0 aromatic rings. The van der Waals surface area contributed by atoms with Crippen LogP contribution in [0.25, 0.3) is 0 Å². The summed E-state index contributed by atoms with van der Waals surface area (Å²) in [6.07, 6.45) is 3.42. The number of Topliss-reactive ketones (excluding diaryl/α,β-unsaturated/α-hetero) is 1. The number of carbonyl (C=O) groups excluding carboxylic acids is 3. The molecule has 0 heterocycles. The molecule has 0 saturated carbocycles. The molecule has 210 valence electrons. The molecule has 0 spiro atoms. The first-order chi connectivity index (χ1) is 15.8. The summed E-state index contributed by atoms with van der Waals surface area (Å²) in [6, 6.07) is 0.526. The van der Waals surface area contributed by atoms with Crippen molar-refractivity contribution in [1.29, 1.82) is 0 Å². The Kier molecular flexibility index (Phi) is 21.9. The van der Waals surface area contributed by atoms with Gasteiger partial charge < -0.3 is 35.1 Å². The standard InChI is InChI=1S/C13H28N2O2.C10H22N2O2.C3H6O/c1-11(2)14-9-7-8-10-15(6)12(16)17-13(3,4)5;1-10(2,3)14-9(13)12(4)8-6-5-7-11;1-3(2)4/h11,14H,7-10H2,1-6H3;5-8,11H2,1-4H3;1-2H3. The Morgan fingerprint density at radius 3 is 1.40 bits per heavy atom. The van der Waals surface area contributed by atoms with Gasteiger partial charge in [0.25, 0.3) is 0 Å². The topological polar surface area (TPSA) is 114 Å². The average Bonchev–Trinajstić information content (AvgIpc) is 2.64. The molecule has 2 amide bonds. The second kappa shape index (κ2) is 20.3. The van der Waals surface area contributed by atoms with E-state index in [0.29, 0.717) is 19.1 Å². The van der Waals surface area contributed by atoms with Gasteiger partial charge >= 0.3 is 12.2 Å². The maximum atomic E-state index is 11.6. The van der Waals surface area contributed by atoms with E-state index in [1.54, 1.807) is 23.9 Å². The van der Waals surface area contributed by atoms with Crippen LogP contribution >= 0.6 is 0 Å². The Hall–Kier alpha value is -1.87. The number of hydrogen-bond acceptors (Lipinski definition) is 7. The fourth-order valence-electron chi connectivity index (χ4n) is 2.22. The zero-order chi connectivity index (χ0) is 28.2. The number of ether oxygens (including phenoxy) is 2. The van der Waals surface area contributed by atoms with Gasteiger partial charge in [-0.25, -0.2) is 9.59 Å². The van der Waals surface area contributed by atoms with Crippen LogP contribution in [0.5, 0.6) is 0 Å². The molecule has 0 bridgehead atoms. The third-order valence-electron chi connectivity index (χ3n) is 3.83. The van der Waals surface area contributed by atoms with Gasteiger partial charge in [0, 0.05) is 33.2 Å². The molecule has 9 heteroatoms. The Morgan fingerprint density at radius 2 is 1.11 bits per heavy atom. The maximum Gasteiger partial charge on any atom is 0.410 e. The highest BCUT2D eigenvalue weighted by Crippen LogP contribution is 2.10. The van der Waals surface area contributed by atoms with Gasteiger partial charge in [0.2, 0.25) is 0 Å². The predicted octanol–water partition coefficient (Wildman–Crippen LogP) is 4.82. The molecule has 0 aromatic heterocycles. The van der Waals surface area contributed by atoms with Gasteiger partial charge in [-0.1, -0.05) is 13.8 Å². The Balaban J connectivity index is -0.000000514. The summed E-state index contributed by atoms with van der Waals surface area (Å²) in [5, 5.41) is 3.35. The lowest BCUT2D eigenvalue weighted by molar-refractivity contribution is -0.115. The number of rotatable bonds is 10. The highest BCUT2D eigenvalue weighted by molar-refractivity contribution is 5.72. The van der Waals surface area contributed by atoms with Crippen molar-refractivity contribution in [2.45, 2.75) is 112 Å². The van der Waals surface area contributed by atoms with Gasteiger partial charge in [-0.3, -0.25) is 0 Å². The van der Waals surface area contributed by atoms with Gasteiger partial charge in [0.15, 0.2) is 0 Å². The molecule has 0 unspecified atom stereocenters. The van der Waals surface area contributed by atoms with E-state index in [2.05, 4.69) is 19.2 Å². The van der Waals surface area contributed by atoms with Crippen LogP contribution in [0.2, 0.25) is 0 Å². The lowest BCUT2D eigenvalue weighted by Gasteiger charge is -2.24. The molecule has 0 aliphatic carbocycles. The predicted molar refractivity (Wildman–Crippen MR) is 145 cm³/mol. The first-order valence-electron chi connectivity index (χ1n) is 12.6. The van der Waals surface area contributed by atoms with Crippen molar-refractivity contribution >= 4 is 18.0 Å². The molecule has 0 saturated heterocycles. The maximum absolute atomic E-state index is 11.6. The van der Waals surface area contributed by atoms with Gasteiger partial charge in [-0.05, 0) is 94.2 Å². The molecule has 0 aliphatic rings. The summed E-state index contributed by atoms with van der Waals surface area (Å²) in [5.41, 5.74) is 4.53. The molecular weight excluding hydrogens is 448 g/mol. The van der Waals surface area contributed by atoms with Crippen LogP contribution in [0.1, 0.15) is 94.9 Å². The van der Waals surface area contributed by atoms with E-state index in [1.165, 1.54) is 13.8 Å². The number of carbonyl (C=O) groups is 3. The van der Waals surface area contributed by atoms with Crippen LogP contribution in [0.15, 0.2) is 0 Å².